The molecule has 0 radical (unpaired) electrons. The molecule has 4 fully saturated rings. The number of alkyl halides is 6. The molecule has 15 atom stereocenters. The summed E-state index contributed by atoms with van der Waals surface area (Å²) in [5.74, 6) is -4.71. The number of carbonyl (C=O) groups excluding carboxylic acids is 3. The summed E-state index contributed by atoms with van der Waals surface area (Å²) in [6, 6.07) is 8.28. The molecule has 4 aliphatic rings. The van der Waals surface area contributed by atoms with E-state index in [-0.39, 0.29) is 61.5 Å². The lowest BCUT2D eigenvalue weighted by Crippen LogP contribution is -2.60. The van der Waals surface area contributed by atoms with Gasteiger partial charge in [-0.05, 0) is 116 Å². The zero-order valence-corrected chi connectivity index (χ0v) is 50.3. The third-order valence-electron chi connectivity index (χ3n) is 16.6. The third-order valence-corrected chi connectivity index (χ3v) is 16.6. The Morgan fingerprint density at radius 3 is 2.34 bits per heavy atom. The van der Waals surface area contributed by atoms with Gasteiger partial charge in [0.1, 0.15) is 41.7 Å². The van der Waals surface area contributed by atoms with E-state index in [1.165, 1.54) is 26.8 Å². The van der Waals surface area contributed by atoms with Gasteiger partial charge in [0.05, 0.1) is 54.3 Å². The number of fused-ring (bicyclic) bond motifs is 6. The second-order valence-corrected chi connectivity index (χ2v) is 23.6. The van der Waals surface area contributed by atoms with Gasteiger partial charge in [0.15, 0.2) is 17.9 Å². The monoisotopic (exact) mass is 1220 g/mol. The Hall–Kier alpha value is -5.84. The van der Waals surface area contributed by atoms with Gasteiger partial charge >= 0.3 is 18.3 Å². The van der Waals surface area contributed by atoms with Gasteiger partial charge in [0.25, 0.3) is 0 Å². The maximum absolute atomic E-state index is 14.5. The Morgan fingerprint density at radius 2 is 1.73 bits per heavy atom. The number of Topliss-reactive ketones (excluding diaryl/α,β-unsaturated/α-hetero) is 1. The maximum atomic E-state index is 14.5. The molecule has 7 heterocycles. The van der Waals surface area contributed by atoms with E-state index in [1.807, 2.05) is 38.9 Å². The Kier molecular flexibility index (Phi) is 22.1. The minimum Gasteiger partial charge on any atom is -0.459 e. The number of amides is 1. The fraction of sp³-hybridized carbons (Fsp3) is 0.633. The zero-order chi connectivity index (χ0) is 63.2. The highest BCUT2D eigenvalue weighted by Crippen LogP contribution is 2.42. The van der Waals surface area contributed by atoms with E-state index in [0.717, 1.165) is 24.5 Å². The number of ketones is 1. The molecule has 4 aliphatic heterocycles. The number of cyclic esters (lactones) is 1. The number of pyridine rings is 2. The summed E-state index contributed by atoms with van der Waals surface area (Å²) in [5, 5.41) is 46.2. The van der Waals surface area contributed by atoms with Crippen LogP contribution in [0.3, 0.4) is 0 Å². The van der Waals surface area contributed by atoms with E-state index in [4.69, 9.17) is 28.5 Å². The predicted octanol–water partition coefficient (Wildman–Crippen LogP) is 8.15. The lowest BCUT2D eigenvalue weighted by molar-refractivity contribution is -0.296. The van der Waals surface area contributed by atoms with Gasteiger partial charge in [-0.1, -0.05) is 57.5 Å². The highest BCUT2D eigenvalue weighted by atomic mass is 19.4. The quantitative estimate of drug-likeness (QED) is 0.0506. The van der Waals surface area contributed by atoms with Crippen LogP contribution in [0.15, 0.2) is 71.2 Å². The summed E-state index contributed by atoms with van der Waals surface area (Å²) in [6.07, 6.45) is -9.03. The molecule has 0 saturated carbocycles. The van der Waals surface area contributed by atoms with E-state index in [1.54, 1.807) is 63.1 Å². The summed E-state index contributed by atoms with van der Waals surface area (Å²) in [4.78, 5) is 61.2. The zero-order valence-electron chi connectivity index (χ0n) is 50.3. The molecule has 3 aromatic heterocycles. The number of benzene rings is 1. The molecule has 0 aliphatic carbocycles. The standard InChI is InChI=1S/C43H64N6O11.C17H16F6N2O/c1-12-33-43(9,54)39-26(4)35(46-29(7)50)24(2)19-42(8,56-23-31(22-55-39)47-57-21-30-14-15-34(44-20-30)49-17-13-16-45-49)38(27(5)36(51)28(6)40(53)59-33)60-41-37(52)32(48(10)11)18-25(3)58-41;18-16(19,20)11-5-3-4-9-10(15(26)12-6-1-2-7-24-12)8-13(17(21,22)23)25-14(9)11/h13-17,20,24-28,32-33,37-39,41,52,54H,12,18-19,21-23H2,1-11H3;3-5,8,12,15,24,26H,1-2,6-7H2/b46-35?,47-31+;/t24-,25-,26+,27+,28-,32+,33-,37-,38-,39+,41+,42-,43-;12-,15+/m10/s1. The van der Waals surface area contributed by atoms with Gasteiger partial charge < -0.3 is 54.1 Å². The van der Waals surface area contributed by atoms with Crippen molar-refractivity contribution >= 4 is 40.0 Å². The second-order valence-electron chi connectivity index (χ2n) is 23.6. The Labute approximate surface area is 496 Å². The molecule has 4 saturated heterocycles. The Bertz CT molecular complexity index is 3010. The first-order chi connectivity index (χ1) is 40.4. The number of oxime groups is 1. The predicted molar refractivity (Wildman–Crippen MR) is 303 cm³/mol. The average Bonchev–Trinajstić information content (AvgIpc) is 0.936. The van der Waals surface area contributed by atoms with Crippen LogP contribution in [0, 0.1) is 23.7 Å². The normalized spacial score (nSPS) is 32.4. The van der Waals surface area contributed by atoms with Crippen LogP contribution in [-0.4, -0.2) is 163 Å². The molecule has 1 aromatic carbocycles. The average molecular weight is 1220 g/mol. The summed E-state index contributed by atoms with van der Waals surface area (Å²) in [6.45, 7) is 15.3. The van der Waals surface area contributed by atoms with Crippen LogP contribution in [0.1, 0.15) is 129 Å². The first-order valence-electron chi connectivity index (χ1n) is 28.9. The van der Waals surface area contributed by atoms with Crippen LogP contribution in [0.2, 0.25) is 0 Å². The van der Waals surface area contributed by atoms with Crippen molar-refractivity contribution in [1.82, 2.24) is 30.0 Å². The molecule has 2 bridgehead atoms. The first kappa shape index (κ1) is 67.7. The van der Waals surface area contributed by atoms with Crippen molar-refractivity contribution in [2.45, 2.75) is 186 Å². The molecule has 0 unspecified atom stereocenters. The van der Waals surface area contributed by atoms with Crippen LogP contribution >= 0.6 is 0 Å². The van der Waals surface area contributed by atoms with E-state index < -0.39 is 125 Å². The molecule has 8 rings (SSSR count). The number of piperidine rings is 1. The van der Waals surface area contributed by atoms with E-state index in [9.17, 15) is 56.0 Å². The molecule has 0 spiro atoms. The first-order valence-corrected chi connectivity index (χ1v) is 28.9. The number of para-hydroxylation sites is 1. The summed E-state index contributed by atoms with van der Waals surface area (Å²) < 4.78 is 113. The van der Waals surface area contributed by atoms with Crippen molar-refractivity contribution in [3.8, 4) is 5.82 Å². The summed E-state index contributed by atoms with van der Waals surface area (Å²) in [7, 11) is 3.73. The second kappa shape index (κ2) is 28.1. The lowest BCUT2D eigenvalue weighted by atomic mass is 9.73. The highest BCUT2D eigenvalue weighted by molar-refractivity contribution is 6.00. The minimum absolute atomic E-state index is 0.0440. The van der Waals surface area contributed by atoms with Crippen molar-refractivity contribution in [3.05, 3.63) is 83.4 Å². The molecule has 4 aromatic rings. The number of nitrogens with one attached hydrogen (secondary N) is 1. The number of aliphatic hydroxyl groups excluding tert-OH is 2. The number of hydrogen-bond donors (Lipinski definition) is 4. The SMILES string of the molecule is CC[C@H]1OC(=O)[C@H](C)C(=O)[C@H](C)[C@@H](O[C@@H]2O[C@H](C)C[C@H](N(C)C)[C@H]2O)[C@@]2(C)C[C@@H](C)C(=NC(C)=O)[C@H](C)[C@H](OC/C(=N\OCc3ccc(-n4cccn4)nc3)CO2)[C@]1(C)O.O[C@H](c1cc(C(F)(F)F)nc2c(C(F)(F)F)cccc12)[C@@H]1CCCCN1. The van der Waals surface area contributed by atoms with Gasteiger partial charge in [-0.15, -0.1) is 0 Å². The number of nitrogens with zero attached hydrogens (tertiary/aromatic N) is 7. The fourth-order valence-corrected chi connectivity index (χ4v) is 12.1. The van der Waals surface area contributed by atoms with Gasteiger partial charge in [-0.2, -0.15) is 31.4 Å². The molecule has 20 nitrogen and oxygen atoms in total. The third kappa shape index (κ3) is 15.9. The number of esters is 1. The van der Waals surface area contributed by atoms with Gasteiger partial charge in [0, 0.05) is 66.1 Å². The summed E-state index contributed by atoms with van der Waals surface area (Å²) in [5.41, 5.74) is -5.56. The smallest absolute Gasteiger partial charge is 0.433 e. The van der Waals surface area contributed by atoms with Crippen LogP contribution in [0.4, 0.5) is 26.3 Å². The number of ether oxygens (including phenoxy) is 5. The maximum Gasteiger partial charge on any atom is 0.433 e. The van der Waals surface area contributed by atoms with E-state index in [2.05, 4.69) is 30.5 Å². The molecule has 474 valence electrons. The van der Waals surface area contributed by atoms with Crippen LogP contribution in [0.5, 0.6) is 0 Å². The molecule has 4 N–H and O–H groups in total. The fourth-order valence-electron chi connectivity index (χ4n) is 12.1. The number of aliphatic hydroxyl groups is 3. The largest absolute Gasteiger partial charge is 0.459 e. The van der Waals surface area contributed by atoms with Crippen molar-refractivity contribution in [2.75, 3.05) is 33.9 Å². The van der Waals surface area contributed by atoms with Crippen molar-refractivity contribution < 1.29 is 84.6 Å². The Balaban J connectivity index is 0.000000337. The van der Waals surface area contributed by atoms with Gasteiger partial charge in [-0.25, -0.2) is 19.6 Å². The van der Waals surface area contributed by atoms with Crippen molar-refractivity contribution in [1.29, 1.82) is 0 Å². The molecule has 1 amide bonds. The van der Waals surface area contributed by atoms with Crippen LogP contribution in [0.25, 0.3) is 16.7 Å². The highest BCUT2D eigenvalue weighted by Gasteiger charge is 2.53. The number of hydrogen-bond acceptors (Lipinski definition) is 18. The van der Waals surface area contributed by atoms with E-state index >= 15 is 0 Å². The van der Waals surface area contributed by atoms with Crippen LogP contribution < -0.4 is 5.32 Å². The molecular formula is C60H80F6N8O12. The topological polar surface area (TPSA) is 251 Å². The number of halogens is 6. The molecule has 26 heteroatoms. The minimum atomic E-state index is -4.93. The van der Waals surface area contributed by atoms with E-state index in [0.29, 0.717) is 43.0 Å². The van der Waals surface area contributed by atoms with Crippen molar-refractivity contribution in [2.24, 2.45) is 33.8 Å². The molecule has 86 heavy (non-hydrogen) atoms. The Morgan fingerprint density at radius 1 is 1.00 bits per heavy atom. The lowest BCUT2D eigenvalue weighted by Gasteiger charge is -2.47. The van der Waals surface area contributed by atoms with Crippen LogP contribution in [-0.2, 0) is 61.9 Å². The van der Waals surface area contributed by atoms with Gasteiger partial charge in [0.2, 0.25) is 5.91 Å². The number of likely N-dealkylation sites (N-methyl/N-ethyl adjacent to an activating group) is 1. The number of aromatic nitrogens is 4. The number of rotatable bonds is 10. The molecular weight excluding hydrogens is 1140 g/mol. The number of carbonyl (C=O) groups is 3. The van der Waals surface area contributed by atoms with Crippen molar-refractivity contribution in [3.63, 3.8) is 0 Å². The summed E-state index contributed by atoms with van der Waals surface area (Å²) >= 11 is 0. The number of aliphatic imine (C=N–C) groups is 1. The van der Waals surface area contributed by atoms with Gasteiger partial charge in [-0.3, -0.25) is 14.4 Å².